The van der Waals surface area contributed by atoms with Crippen LogP contribution in [0.25, 0.3) is 33.4 Å². The first-order valence-corrected chi connectivity index (χ1v) is 32.9. The molecule has 0 aliphatic heterocycles. The zero-order valence-corrected chi connectivity index (χ0v) is 55.6. The van der Waals surface area contributed by atoms with Crippen molar-refractivity contribution >= 4 is 51.2 Å². The number of benzene rings is 12. The summed E-state index contributed by atoms with van der Waals surface area (Å²) in [6, 6.07) is 97.9. The van der Waals surface area contributed by atoms with E-state index in [-0.39, 0.29) is 16.2 Å². The van der Waals surface area contributed by atoms with Crippen molar-refractivity contribution in [2.75, 3.05) is 14.7 Å². The molecule has 0 aromatic heterocycles. The molecule has 0 bridgehead atoms. The molecule has 0 saturated heterocycles. The van der Waals surface area contributed by atoms with Gasteiger partial charge in [0.05, 0.1) is 5.41 Å². The second kappa shape index (κ2) is 21.6. The van der Waals surface area contributed by atoms with Crippen molar-refractivity contribution in [1.82, 2.24) is 0 Å². The van der Waals surface area contributed by atoms with Crippen molar-refractivity contribution < 1.29 is 0 Å². The lowest BCUT2D eigenvalue weighted by Gasteiger charge is -2.35. The molecule has 12 aromatic carbocycles. The number of hydrogen-bond acceptors (Lipinski definition) is 3. The molecule has 0 N–H and O–H groups in total. The van der Waals surface area contributed by atoms with E-state index in [1.54, 1.807) is 0 Å². The minimum Gasteiger partial charge on any atom is -0.310 e. The van der Waals surface area contributed by atoms with E-state index in [1.165, 1.54) is 117 Å². The first-order valence-electron chi connectivity index (χ1n) is 32.9. The Hall–Kier alpha value is -9.96. The molecule has 0 atom stereocenters. The standard InChI is InChI=1S/C89H81N3/c1-56-14-30-65(31-15-56)90(66-32-16-57(2)17-33-66)70-40-46-74-76-48-42-72(54-82(76)87(10,11)80(74)52-70)92(73-43-49-77-75-47-41-71(53-81(75)88(12,13)83(77)55-73)91(67-34-18-58(3)19-35-67)68-36-20-59(4)21-37-68)69-38-28-64(29-39-69)89(63-26-24-62(25-27-63)86(7,8)9)84-50-60(5)22-44-78(84)79-45-23-61(6)51-85(79)89/h14-55H,1-13H3. The molecular formula is C89H81N3. The van der Waals surface area contributed by atoms with Gasteiger partial charge >= 0.3 is 0 Å². The lowest BCUT2D eigenvalue weighted by molar-refractivity contribution is 0.589. The minimum absolute atomic E-state index is 0.0155. The topological polar surface area (TPSA) is 9.72 Å². The van der Waals surface area contributed by atoms with Gasteiger partial charge in [-0.1, -0.05) is 227 Å². The van der Waals surface area contributed by atoms with Crippen LogP contribution in [-0.4, -0.2) is 0 Å². The molecule has 0 radical (unpaired) electrons. The molecule has 3 aliphatic rings. The van der Waals surface area contributed by atoms with E-state index in [1.807, 2.05) is 0 Å². The molecule has 0 heterocycles. The number of aryl methyl sites for hydroxylation is 6. The van der Waals surface area contributed by atoms with Crippen LogP contribution in [-0.2, 0) is 21.7 Å². The van der Waals surface area contributed by atoms with Gasteiger partial charge in [0.15, 0.2) is 0 Å². The molecule has 92 heavy (non-hydrogen) atoms. The quantitative estimate of drug-likeness (QED) is 0.128. The maximum atomic E-state index is 2.53. The lowest BCUT2D eigenvalue weighted by Crippen LogP contribution is -2.29. The summed E-state index contributed by atoms with van der Waals surface area (Å²) in [6.45, 7) is 29.7. The molecule has 3 aliphatic carbocycles. The van der Waals surface area contributed by atoms with Crippen LogP contribution < -0.4 is 14.7 Å². The van der Waals surface area contributed by atoms with Gasteiger partial charge in [0, 0.05) is 62.0 Å². The number of rotatable bonds is 11. The summed E-state index contributed by atoms with van der Waals surface area (Å²) in [5.74, 6) is 0. The van der Waals surface area contributed by atoms with Crippen molar-refractivity contribution in [3.05, 3.63) is 338 Å². The Bertz CT molecular complexity index is 4510. The van der Waals surface area contributed by atoms with Crippen molar-refractivity contribution in [3.8, 4) is 33.4 Å². The van der Waals surface area contributed by atoms with Crippen LogP contribution in [0.15, 0.2) is 255 Å². The number of anilines is 9. The Balaban J connectivity index is 0.884. The third-order valence-corrected chi connectivity index (χ3v) is 20.7. The van der Waals surface area contributed by atoms with E-state index < -0.39 is 5.41 Å². The third kappa shape index (κ3) is 9.45. The van der Waals surface area contributed by atoms with Crippen LogP contribution in [0.1, 0.15) is 132 Å². The van der Waals surface area contributed by atoms with Crippen molar-refractivity contribution in [3.63, 3.8) is 0 Å². The average Bonchev–Trinajstić information content (AvgIpc) is 1.52. The Morgan fingerprint density at radius 2 is 0.446 bits per heavy atom. The highest BCUT2D eigenvalue weighted by Gasteiger charge is 2.47. The van der Waals surface area contributed by atoms with Crippen LogP contribution in [0, 0.1) is 41.5 Å². The third-order valence-electron chi connectivity index (χ3n) is 20.7. The smallest absolute Gasteiger partial charge is 0.0713 e. The summed E-state index contributed by atoms with van der Waals surface area (Å²) >= 11 is 0. The fraction of sp³-hybridized carbons (Fsp3) is 0.191. The molecule has 0 saturated carbocycles. The Labute approximate surface area is 546 Å². The molecule has 0 unspecified atom stereocenters. The number of fused-ring (bicyclic) bond motifs is 9. The molecular weight excluding hydrogens is 1110 g/mol. The minimum atomic E-state index is -0.560. The maximum absolute atomic E-state index is 2.53. The second-order valence-corrected chi connectivity index (χ2v) is 28.7. The summed E-state index contributed by atoms with van der Waals surface area (Å²) in [5, 5.41) is 0. The molecule has 0 amide bonds. The predicted octanol–water partition coefficient (Wildman–Crippen LogP) is 24.2. The summed E-state index contributed by atoms with van der Waals surface area (Å²) in [4.78, 5) is 7.34. The first kappa shape index (κ1) is 58.4. The highest BCUT2D eigenvalue weighted by molar-refractivity contribution is 5.93. The second-order valence-electron chi connectivity index (χ2n) is 28.7. The van der Waals surface area contributed by atoms with Crippen molar-refractivity contribution in [2.24, 2.45) is 0 Å². The number of hydrogen-bond donors (Lipinski definition) is 0. The Morgan fingerprint density at radius 1 is 0.228 bits per heavy atom. The van der Waals surface area contributed by atoms with Gasteiger partial charge in [0.1, 0.15) is 0 Å². The normalized spacial score (nSPS) is 14.2. The summed E-state index contributed by atoms with van der Waals surface area (Å²) < 4.78 is 0. The predicted molar refractivity (Wildman–Crippen MR) is 390 cm³/mol. The van der Waals surface area contributed by atoms with E-state index in [4.69, 9.17) is 0 Å². The summed E-state index contributed by atoms with van der Waals surface area (Å²) in [7, 11) is 0. The largest absolute Gasteiger partial charge is 0.310 e. The van der Waals surface area contributed by atoms with Crippen LogP contribution in [0.3, 0.4) is 0 Å². The van der Waals surface area contributed by atoms with Gasteiger partial charge in [-0.15, -0.1) is 0 Å². The van der Waals surface area contributed by atoms with E-state index in [0.29, 0.717) is 0 Å². The van der Waals surface area contributed by atoms with Crippen LogP contribution >= 0.6 is 0 Å². The summed E-state index contributed by atoms with van der Waals surface area (Å²) in [6.07, 6.45) is 0. The zero-order chi connectivity index (χ0) is 63.8. The van der Waals surface area contributed by atoms with Gasteiger partial charge in [0.2, 0.25) is 0 Å². The monoisotopic (exact) mass is 1190 g/mol. The number of nitrogens with zero attached hydrogens (tertiary/aromatic N) is 3. The molecule has 15 rings (SSSR count). The zero-order valence-electron chi connectivity index (χ0n) is 55.6. The molecule has 12 aromatic rings. The van der Waals surface area contributed by atoms with E-state index in [2.05, 4.69) is 359 Å². The Morgan fingerprint density at radius 3 is 0.728 bits per heavy atom. The van der Waals surface area contributed by atoms with Crippen LogP contribution in [0.4, 0.5) is 51.2 Å². The SMILES string of the molecule is Cc1ccc(N(c2ccc(C)cc2)c2ccc3c(c2)C(C)(C)c2cc(N(c4ccc(C5(c6ccc(C(C)(C)C)cc6)c6cc(C)ccc6-c6ccc(C)cc65)cc4)c4ccc5c(c4)C(C)(C)c4cc(N(c6ccc(C)cc6)c6ccc(C)cc6)ccc4-5)ccc2-3)cc1. The fourth-order valence-corrected chi connectivity index (χ4v) is 15.5. The first-order chi connectivity index (χ1) is 44.2. The molecule has 0 fully saturated rings. The Kier molecular flexibility index (Phi) is 13.7. The highest BCUT2D eigenvalue weighted by Crippen LogP contribution is 2.59. The van der Waals surface area contributed by atoms with E-state index >= 15 is 0 Å². The van der Waals surface area contributed by atoms with Crippen LogP contribution in [0.5, 0.6) is 0 Å². The van der Waals surface area contributed by atoms with E-state index in [0.717, 1.165) is 51.2 Å². The van der Waals surface area contributed by atoms with Gasteiger partial charge in [0.25, 0.3) is 0 Å². The van der Waals surface area contributed by atoms with Crippen LogP contribution in [0.2, 0.25) is 0 Å². The van der Waals surface area contributed by atoms with Crippen molar-refractivity contribution in [2.45, 2.75) is 112 Å². The van der Waals surface area contributed by atoms with Gasteiger partial charge in [-0.25, -0.2) is 0 Å². The van der Waals surface area contributed by atoms with E-state index in [9.17, 15) is 0 Å². The molecule has 3 heteroatoms. The summed E-state index contributed by atoms with van der Waals surface area (Å²) in [5.41, 5.74) is 36.0. The highest BCUT2D eigenvalue weighted by atomic mass is 15.2. The van der Waals surface area contributed by atoms with Gasteiger partial charge in [-0.05, 0) is 240 Å². The molecule has 3 nitrogen and oxygen atoms in total. The maximum Gasteiger partial charge on any atom is 0.0713 e. The van der Waals surface area contributed by atoms with Crippen molar-refractivity contribution in [1.29, 1.82) is 0 Å². The fourth-order valence-electron chi connectivity index (χ4n) is 15.5. The van der Waals surface area contributed by atoms with Gasteiger partial charge < -0.3 is 14.7 Å². The average molecular weight is 1190 g/mol. The lowest BCUT2D eigenvalue weighted by atomic mass is 9.67. The van der Waals surface area contributed by atoms with Gasteiger partial charge in [-0.3, -0.25) is 0 Å². The van der Waals surface area contributed by atoms with Gasteiger partial charge in [-0.2, -0.15) is 0 Å². The molecule has 452 valence electrons. The molecule has 0 spiro atoms.